The molecular weight excluding hydrogens is 262 g/mol. The molecule has 0 unspecified atom stereocenters. The number of amides is 2. The van der Waals surface area contributed by atoms with Gasteiger partial charge in [-0.25, -0.2) is 4.98 Å². The predicted octanol–water partition coefficient (Wildman–Crippen LogP) is 1.85. The summed E-state index contributed by atoms with van der Waals surface area (Å²) in [6, 6.07) is 9.12. The second-order valence-electron chi connectivity index (χ2n) is 3.95. The van der Waals surface area contributed by atoms with Crippen LogP contribution in [0, 0.1) is 0 Å². The van der Waals surface area contributed by atoms with Crippen LogP contribution in [0.1, 0.15) is 10.5 Å². The fraction of sp³-hybridized carbons (Fsp3) is 0.154. The lowest BCUT2D eigenvalue weighted by Crippen LogP contribution is -2.35. The molecule has 2 rings (SSSR count). The number of nitrogens with one attached hydrogen (secondary N) is 1. The molecule has 1 N–H and O–H groups in total. The molecule has 0 radical (unpaired) electrons. The van der Waals surface area contributed by atoms with E-state index in [2.05, 4.69) is 10.3 Å². The molecule has 0 saturated carbocycles. The molecule has 1 aromatic carbocycles. The molecule has 6 heteroatoms. The number of carbonyl (C=O) groups is 2. The summed E-state index contributed by atoms with van der Waals surface area (Å²) >= 11 is 1.35. The third kappa shape index (κ3) is 3.62. The number of benzene rings is 1. The Kier molecular flexibility index (Phi) is 4.25. The van der Waals surface area contributed by atoms with E-state index in [1.807, 2.05) is 18.2 Å². The van der Waals surface area contributed by atoms with Gasteiger partial charge in [0.05, 0.1) is 12.1 Å². The summed E-state index contributed by atoms with van der Waals surface area (Å²) < 4.78 is 0. The number of carbonyl (C=O) groups excluding carboxylic acids is 2. The highest BCUT2D eigenvalue weighted by Crippen LogP contribution is 2.06. The number of likely N-dealkylation sites (N-methyl/N-ethyl adjacent to an activating group) is 1. The third-order valence-electron chi connectivity index (χ3n) is 2.44. The van der Waals surface area contributed by atoms with Gasteiger partial charge in [-0.1, -0.05) is 18.2 Å². The molecule has 0 aliphatic heterocycles. The molecule has 2 amide bonds. The Morgan fingerprint density at radius 2 is 2.05 bits per heavy atom. The highest BCUT2D eigenvalue weighted by atomic mass is 32.1. The van der Waals surface area contributed by atoms with Gasteiger partial charge in [0, 0.05) is 18.1 Å². The largest absolute Gasteiger partial charge is 0.331 e. The van der Waals surface area contributed by atoms with Crippen LogP contribution in [0.5, 0.6) is 0 Å². The minimum atomic E-state index is -0.260. The van der Waals surface area contributed by atoms with Crippen molar-refractivity contribution in [1.82, 2.24) is 9.88 Å². The number of thiazole rings is 1. The number of anilines is 1. The highest BCUT2D eigenvalue weighted by molar-refractivity contribution is 7.07. The number of nitrogens with zero attached hydrogens (tertiary/aromatic N) is 2. The first-order valence-electron chi connectivity index (χ1n) is 5.65. The second kappa shape index (κ2) is 6.10. The Balaban J connectivity index is 1.90. The van der Waals surface area contributed by atoms with E-state index < -0.39 is 0 Å². The number of para-hydroxylation sites is 1. The van der Waals surface area contributed by atoms with Crippen molar-refractivity contribution in [2.75, 3.05) is 18.9 Å². The van der Waals surface area contributed by atoms with Gasteiger partial charge in [-0.3, -0.25) is 9.59 Å². The molecule has 2 aromatic rings. The lowest BCUT2D eigenvalue weighted by atomic mass is 10.3. The van der Waals surface area contributed by atoms with Gasteiger partial charge < -0.3 is 10.2 Å². The lowest BCUT2D eigenvalue weighted by Gasteiger charge is -2.15. The van der Waals surface area contributed by atoms with E-state index in [-0.39, 0.29) is 18.4 Å². The first kappa shape index (κ1) is 13.2. The van der Waals surface area contributed by atoms with Gasteiger partial charge in [0.1, 0.15) is 5.69 Å². The van der Waals surface area contributed by atoms with E-state index in [1.165, 1.54) is 16.2 Å². The van der Waals surface area contributed by atoms with Gasteiger partial charge in [-0.2, -0.15) is 0 Å². The average molecular weight is 275 g/mol. The van der Waals surface area contributed by atoms with Crippen molar-refractivity contribution < 1.29 is 9.59 Å². The van der Waals surface area contributed by atoms with Gasteiger partial charge in [-0.05, 0) is 12.1 Å². The number of hydrogen-bond acceptors (Lipinski definition) is 4. The molecule has 1 aromatic heterocycles. The molecule has 0 aliphatic carbocycles. The Bertz CT molecular complexity index is 555. The van der Waals surface area contributed by atoms with Crippen LogP contribution in [0.2, 0.25) is 0 Å². The molecule has 0 saturated heterocycles. The Hall–Kier alpha value is -2.21. The van der Waals surface area contributed by atoms with Crippen LogP contribution in [0.25, 0.3) is 0 Å². The van der Waals surface area contributed by atoms with E-state index in [0.717, 1.165) is 0 Å². The predicted molar refractivity (Wildman–Crippen MR) is 74.1 cm³/mol. The Morgan fingerprint density at radius 1 is 1.32 bits per heavy atom. The summed E-state index contributed by atoms with van der Waals surface area (Å²) in [7, 11) is 1.58. The number of rotatable bonds is 4. The lowest BCUT2D eigenvalue weighted by molar-refractivity contribution is -0.116. The zero-order valence-corrected chi connectivity index (χ0v) is 11.2. The minimum Gasteiger partial charge on any atom is -0.331 e. The third-order valence-corrected chi connectivity index (χ3v) is 3.02. The summed E-state index contributed by atoms with van der Waals surface area (Å²) in [5.74, 6) is -0.498. The first-order valence-corrected chi connectivity index (χ1v) is 6.59. The normalized spacial score (nSPS) is 9.95. The van der Waals surface area contributed by atoms with Crippen LogP contribution in [0.15, 0.2) is 41.2 Å². The van der Waals surface area contributed by atoms with Crippen molar-refractivity contribution in [3.63, 3.8) is 0 Å². The van der Waals surface area contributed by atoms with Gasteiger partial charge in [0.2, 0.25) is 5.91 Å². The maximum atomic E-state index is 11.9. The number of aromatic nitrogens is 1. The molecule has 98 valence electrons. The van der Waals surface area contributed by atoms with E-state index in [9.17, 15) is 9.59 Å². The highest BCUT2D eigenvalue weighted by Gasteiger charge is 2.16. The van der Waals surface area contributed by atoms with Crippen LogP contribution < -0.4 is 5.32 Å². The summed E-state index contributed by atoms with van der Waals surface area (Å²) in [5, 5.41) is 4.38. The van der Waals surface area contributed by atoms with Crippen molar-refractivity contribution in [3.8, 4) is 0 Å². The van der Waals surface area contributed by atoms with Crippen molar-refractivity contribution in [3.05, 3.63) is 46.9 Å². The molecule has 1 heterocycles. The van der Waals surface area contributed by atoms with Gasteiger partial charge in [0.25, 0.3) is 5.91 Å². The van der Waals surface area contributed by atoms with Gasteiger partial charge in [-0.15, -0.1) is 11.3 Å². The maximum absolute atomic E-state index is 11.9. The smallest absolute Gasteiger partial charge is 0.273 e. The van der Waals surface area contributed by atoms with Crippen LogP contribution >= 0.6 is 11.3 Å². The van der Waals surface area contributed by atoms with Crippen molar-refractivity contribution in [2.24, 2.45) is 0 Å². The molecule has 19 heavy (non-hydrogen) atoms. The van der Waals surface area contributed by atoms with Crippen LogP contribution in [0.4, 0.5) is 5.69 Å². The average Bonchev–Trinajstić information content (AvgIpc) is 2.92. The molecule has 0 fully saturated rings. The summed E-state index contributed by atoms with van der Waals surface area (Å²) in [5.41, 5.74) is 2.66. The van der Waals surface area contributed by atoms with E-state index in [4.69, 9.17) is 0 Å². The second-order valence-corrected chi connectivity index (χ2v) is 4.67. The van der Waals surface area contributed by atoms with Crippen LogP contribution in [-0.4, -0.2) is 35.3 Å². The number of hydrogen-bond donors (Lipinski definition) is 1. The SMILES string of the molecule is CN(CC(=O)Nc1ccccc1)C(=O)c1cscn1. The van der Waals surface area contributed by atoms with Crippen molar-refractivity contribution in [2.45, 2.75) is 0 Å². The topological polar surface area (TPSA) is 62.3 Å². The Morgan fingerprint density at radius 3 is 2.68 bits per heavy atom. The Labute approximate surface area is 114 Å². The van der Waals surface area contributed by atoms with Gasteiger partial charge in [0.15, 0.2) is 0 Å². The monoisotopic (exact) mass is 275 g/mol. The van der Waals surface area contributed by atoms with Gasteiger partial charge >= 0.3 is 0 Å². The minimum absolute atomic E-state index is 0.00868. The molecule has 0 aliphatic rings. The van der Waals surface area contributed by atoms with Crippen molar-refractivity contribution in [1.29, 1.82) is 0 Å². The van der Waals surface area contributed by atoms with Crippen LogP contribution in [-0.2, 0) is 4.79 Å². The quantitative estimate of drug-likeness (QED) is 0.926. The molecule has 0 bridgehead atoms. The molecular formula is C13H13N3O2S. The summed E-state index contributed by atoms with van der Waals surface area (Å²) in [4.78, 5) is 28.9. The maximum Gasteiger partial charge on any atom is 0.273 e. The molecule has 5 nitrogen and oxygen atoms in total. The van der Waals surface area contributed by atoms with E-state index >= 15 is 0 Å². The standard InChI is InChI=1S/C13H13N3O2S/c1-16(13(18)11-8-19-9-14-11)7-12(17)15-10-5-3-2-4-6-10/h2-6,8-9H,7H2,1H3,(H,15,17). The zero-order valence-electron chi connectivity index (χ0n) is 10.4. The zero-order chi connectivity index (χ0) is 13.7. The molecule has 0 atom stereocenters. The van der Waals surface area contributed by atoms with Crippen molar-refractivity contribution >= 4 is 28.8 Å². The summed E-state index contributed by atoms with van der Waals surface area (Å²) in [6.45, 7) is -0.00868. The first-order chi connectivity index (χ1) is 9.16. The fourth-order valence-corrected chi connectivity index (χ4v) is 2.05. The summed E-state index contributed by atoms with van der Waals surface area (Å²) in [6.07, 6.45) is 0. The molecule has 0 spiro atoms. The fourth-order valence-electron chi connectivity index (χ4n) is 1.52. The van der Waals surface area contributed by atoms with Crippen LogP contribution in [0.3, 0.4) is 0 Å². The van der Waals surface area contributed by atoms with E-state index in [0.29, 0.717) is 11.4 Å². The van der Waals surface area contributed by atoms with E-state index in [1.54, 1.807) is 30.1 Å².